The first-order valence-corrected chi connectivity index (χ1v) is 14.3. The fourth-order valence-corrected chi connectivity index (χ4v) is 8.11. The highest BCUT2D eigenvalue weighted by atomic mass is 28.4. The summed E-state index contributed by atoms with van der Waals surface area (Å²) in [6, 6.07) is 0. The molecule has 7 atom stereocenters. The standard InChI is InChI=1S/C23H35NO4Si/c1-22(2,3)29(5,6)28-15-9-7-8-13-10-11-14-12-16-17-19(21(26)24(4)20(17)25)23(14,27-16)18(13)15/h12-13,15-19H,7-11H2,1-6H3/t13-,15-,16+,17+,18+,19-,23+/m1/s1. The first-order valence-electron chi connectivity index (χ1n) is 11.4. The van der Waals surface area contributed by atoms with Crippen LogP contribution < -0.4 is 0 Å². The topological polar surface area (TPSA) is 55.8 Å². The van der Waals surface area contributed by atoms with Crippen LogP contribution >= 0.6 is 0 Å². The van der Waals surface area contributed by atoms with Crippen LogP contribution in [0, 0.1) is 23.7 Å². The minimum Gasteiger partial charge on any atom is -0.414 e. The number of ether oxygens (including phenoxy) is 1. The Morgan fingerprint density at radius 2 is 1.90 bits per heavy atom. The van der Waals surface area contributed by atoms with Crippen molar-refractivity contribution in [3.63, 3.8) is 0 Å². The van der Waals surface area contributed by atoms with Crippen molar-refractivity contribution in [1.82, 2.24) is 4.90 Å². The molecule has 2 saturated carbocycles. The number of likely N-dealkylation sites (tertiary alicyclic amines) is 1. The fraction of sp³-hybridized carbons (Fsp3) is 0.826. The molecule has 2 amide bonds. The van der Waals surface area contributed by atoms with E-state index in [1.54, 1.807) is 7.05 Å². The quantitative estimate of drug-likeness (QED) is 0.388. The van der Waals surface area contributed by atoms with Crippen LogP contribution in [0.5, 0.6) is 0 Å². The summed E-state index contributed by atoms with van der Waals surface area (Å²) in [5.41, 5.74) is 0.676. The van der Waals surface area contributed by atoms with E-state index in [4.69, 9.17) is 9.16 Å². The van der Waals surface area contributed by atoms with Gasteiger partial charge < -0.3 is 9.16 Å². The van der Waals surface area contributed by atoms with Crippen molar-refractivity contribution in [3.05, 3.63) is 11.6 Å². The number of carbonyl (C=O) groups is 2. The molecule has 0 N–H and O–H groups in total. The number of hydrogen-bond acceptors (Lipinski definition) is 4. The van der Waals surface area contributed by atoms with Gasteiger partial charge in [0.15, 0.2) is 8.32 Å². The summed E-state index contributed by atoms with van der Waals surface area (Å²) in [7, 11) is -0.317. The number of fused-ring (bicyclic) bond motifs is 4. The molecule has 0 aromatic heterocycles. The van der Waals surface area contributed by atoms with E-state index in [0.29, 0.717) is 5.92 Å². The van der Waals surface area contributed by atoms with Gasteiger partial charge in [-0.25, -0.2) is 0 Å². The lowest BCUT2D eigenvalue weighted by atomic mass is 9.54. The molecule has 5 aliphatic rings. The van der Waals surface area contributed by atoms with Crippen LogP contribution in [0.2, 0.25) is 18.1 Å². The third-order valence-corrected chi connectivity index (χ3v) is 13.6. The molecule has 3 aliphatic heterocycles. The van der Waals surface area contributed by atoms with Crippen molar-refractivity contribution < 1.29 is 18.8 Å². The summed E-state index contributed by atoms with van der Waals surface area (Å²) in [6.45, 7) is 11.5. The van der Waals surface area contributed by atoms with E-state index in [9.17, 15) is 9.59 Å². The summed E-state index contributed by atoms with van der Waals surface area (Å²) < 4.78 is 13.7. The average Bonchev–Trinajstić information content (AvgIpc) is 3.24. The largest absolute Gasteiger partial charge is 0.414 e. The molecule has 2 bridgehead atoms. The van der Waals surface area contributed by atoms with E-state index < -0.39 is 13.9 Å². The summed E-state index contributed by atoms with van der Waals surface area (Å²) in [5.74, 6) is -0.0650. The normalized spacial score (nSPS) is 43.9. The second-order valence-electron chi connectivity index (χ2n) is 11.5. The summed E-state index contributed by atoms with van der Waals surface area (Å²) in [4.78, 5) is 27.4. The van der Waals surface area contributed by atoms with Crippen LogP contribution in [0.25, 0.3) is 0 Å². The molecule has 0 aromatic rings. The van der Waals surface area contributed by atoms with E-state index in [-0.39, 0.29) is 46.8 Å². The maximum atomic E-state index is 13.2. The van der Waals surface area contributed by atoms with Crippen molar-refractivity contribution in [2.24, 2.45) is 23.7 Å². The second-order valence-corrected chi connectivity index (χ2v) is 16.2. The zero-order valence-electron chi connectivity index (χ0n) is 18.7. The molecule has 4 fully saturated rings. The number of rotatable bonds is 2. The fourth-order valence-electron chi connectivity index (χ4n) is 6.73. The number of amides is 2. The molecule has 2 saturated heterocycles. The van der Waals surface area contributed by atoms with Gasteiger partial charge in [0.05, 0.1) is 24.0 Å². The molecular weight excluding hydrogens is 382 g/mol. The van der Waals surface area contributed by atoms with Crippen LogP contribution in [-0.2, 0) is 18.8 Å². The lowest BCUT2D eigenvalue weighted by Crippen LogP contribution is -2.60. The smallest absolute Gasteiger partial charge is 0.236 e. The zero-order valence-corrected chi connectivity index (χ0v) is 19.7. The lowest BCUT2D eigenvalue weighted by molar-refractivity contribution is -0.155. The molecule has 0 unspecified atom stereocenters. The molecule has 5 nitrogen and oxygen atoms in total. The number of imide groups is 1. The molecule has 1 spiro atoms. The van der Waals surface area contributed by atoms with Gasteiger partial charge in [0.25, 0.3) is 0 Å². The first-order chi connectivity index (χ1) is 13.5. The van der Waals surface area contributed by atoms with Crippen LogP contribution in [0.15, 0.2) is 11.6 Å². The van der Waals surface area contributed by atoms with E-state index in [0.717, 1.165) is 19.3 Å². The predicted octanol–water partition coefficient (Wildman–Crippen LogP) is 3.90. The molecular formula is C23H35NO4Si. The minimum absolute atomic E-state index is 0.0367. The van der Waals surface area contributed by atoms with Gasteiger partial charge in [0.1, 0.15) is 5.60 Å². The zero-order chi connectivity index (χ0) is 20.9. The third kappa shape index (κ3) is 2.45. The molecule has 0 radical (unpaired) electrons. The average molecular weight is 418 g/mol. The van der Waals surface area contributed by atoms with Crippen molar-refractivity contribution >= 4 is 20.1 Å². The van der Waals surface area contributed by atoms with Gasteiger partial charge in [-0.3, -0.25) is 14.5 Å². The Balaban J connectivity index is 1.57. The number of hydrogen-bond donors (Lipinski definition) is 0. The van der Waals surface area contributed by atoms with Crippen molar-refractivity contribution in [3.8, 4) is 0 Å². The highest BCUT2D eigenvalue weighted by molar-refractivity contribution is 6.74. The van der Waals surface area contributed by atoms with Crippen LogP contribution in [0.3, 0.4) is 0 Å². The molecule has 2 aliphatic carbocycles. The van der Waals surface area contributed by atoms with Gasteiger partial charge in [-0.2, -0.15) is 0 Å². The van der Waals surface area contributed by atoms with Crippen LogP contribution in [-0.4, -0.2) is 49.9 Å². The Hall–Kier alpha value is -0.983. The minimum atomic E-state index is -1.96. The summed E-state index contributed by atoms with van der Waals surface area (Å²) in [5, 5.41) is 0.140. The van der Waals surface area contributed by atoms with Gasteiger partial charge in [0.2, 0.25) is 11.8 Å². The summed E-state index contributed by atoms with van der Waals surface area (Å²) >= 11 is 0. The van der Waals surface area contributed by atoms with E-state index >= 15 is 0 Å². The van der Waals surface area contributed by atoms with Crippen LogP contribution in [0.1, 0.15) is 52.9 Å². The maximum absolute atomic E-state index is 13.2. The molecule has 160 valence electrons. The Morgan fingerprint density at radius 3 is 2.59 bits per heavy atom. The lowest BCUT2D eigenvalue weighted by Gasteiger charge is -2.55. The van der Waals surface area contributed by atoms with Gasteiger partial charge >= 0.3 is 0 Å². The number of nitrogens with zero attached hydrogens (tertiary/aromatic N) is 1. The molecule has 3 heterocycles. The predicted molar refractivity (Wildman–Crippen MR) is 113 cm³/mol. The second kappa shape index (κ2) is 6.04. The third-order valence-electron chi connectivity index (χ3n) is 9.09. The van der Waals surface area contributed by atoms with E-state index in [1.807, 2.05) is 0 Å². The maximum Gasteiger partial charge on any atom is 0.236 e. The Kier molecular flexibility index (Phi) is 4.16. The molecule has 29 heavy (non-hydrogen) atoms. The van der Waals surface area contributed by atoms with Crippen molar-refractivity contribution in [1.29, 1.82) is 0 Å². The molecule has 5 rings (SSSR count). The molecule has 6 heteroatoms. The van der Waals surface area contributed by atoms with E-state index in [1.165, 1.54) is 23.3 Å². The Labute approximate surface area is 175 Å². The van der Waals surface area contributed by atoms with Gasteiger partial charge in [-0.05, 0) is 55.3 Å². The highest BCUT2D eigenvalue weighted by Crippen LogP contribution is 2.65. The first kappa shape index (κ1) is 19.9. The Bertz CT molecular complexity index is 799. The van der Waals surface area contributed by atoms with E-state index in [2.05, 4.69) is 39.9 Å². The SMILES string of the molecule is CN1C(=O)[C@H]2[C@@H]3C=C4CC[C@H]5CCC[C@@H](O[Si](C)(C)C(C)(C)C)[C@H]5[C@]4(O3)[C@H]2C1=O. The molecule has 0 aromatic carbocycles. The van der Waals surface area contributed by atoms with Gasteiger partial charge in [-0.15, -0.1) is 0 Å². The monoisotopic (exact) mass is 417 g/mol. The van der Waals surface area contributed by atoms with Gasteiger partial charge in [0, 0.05) is 13.0 Å². The van der Waals surface area contributed by atoms with Crippen molar-refractivity contribution in [2.45, 2.75) is 88.8 Å². The number of carbonyl (C=O) groups excluding carboxylic acids is 2. The highest BCUT2D eigenvalue weighted by Gasteiger charge is 2.74. The van der Waals surface area contributed by atoms with Crippen molar-refractivity contribution in [2.75, 3.05) is 7.05 Å². The van der Waals surface area contributed by atoms with Crippen LogP contribution in [0.4, 0.5) is 0 Å². The summed E-state index contributed by atoms with van der Waals surface area (Å²) in [6.07, 6.45) is 7.63. The Morgan fingerprint density at radius 1 is 1.17 bits per heavy atom. The van der Waals surface area contributed by atoms with Gasteiger partial charge in [-0.1, -0.05) is 33.3 Å².